The first-order valence-electron chi connectivity index (χ1n) is 12.3. The van der Waals surface area contributed by atoms with E-state index >= 15 is 0 Å². The number of ether oxygens (including phenoxy) is 2. The summed E-state index contributed by atoms with van der Waals surface area (Å²) >= 11 is 0. The summed E-state index contributed by atoms with van der Waals surface area (Å²) in [4.78, 5) is 54.5. The molecule has 5 aromatic rings. The van der Waals surface area contributed by atoms with Crippen molar-refractivity contribution in [1.29, 1.82) is 0 Å². The number of hydrogen-bond donors (Lipinski definition) is 0. The fourth-order valence-corrected chi connectivity index (χ4v) is 3.84. The van der Waals surface area contributed by atoms with Crippen LogP contribution in [0.25, 0.3) is 0 Å². The van der Waals surface area contributed by atoms with Gasteiger partial charge in [0.15, 0.2) is 11.6 Å². The molecule has 194 valence electrons. The number of aromatic nitrogens is 1. The average Bonchev–Trinajstić information content (AvgIpc) is 3.02. The van der Waals surface area contributed by atoms with Gasteiger partial charge in [0.1, 0.15) is 22.9 Å². The van der Waals surface area contributed by atoms with Crippen LogP contribution in [0.1, 0.15) is 52.8 Å². The molecule has 40 heavy (non-hydrogen) atoms. The number of hydrogen-bond acceptors (Lipinski definition) is 7. The third-order valence-electron chi connectivity index (χ3n) is 5.89. The van der Waals surface area contributed by atoms with Gasteiger partial charge < -0.3 is 9.47 Å². The van der Waals surface area contributed by atoms with Gasteiger partial charge in [-0.2, -0.15) is 0 Å². The summed E-state index contributed by atoms with van der Waals surface area (Å²) in [6.07, 6.45) is 0. The molecule has 0 atom stereocenters. The van der Waals surface area contributed by atoms with Crippen LogP contribution in [0.15, 0.2) is 127 Å². The maximum Gasteiger partial charge on any atom is 0.362 e. The number of ketones is 2. The minimum absolute atomic E-state index is 0.0947. The standard InChI is InChI=1S/C33H21NO6/c35-30(22-8-3-1-4-9-22)24-14-18-26(19-15-24)39-32(37)28-12-7-13-29(34-28)33(38)40-27-20-16-25(17-21-27)31(36)23-10-5-2-6-11-23/h1-21H. The molecule has 0 unspecified atom stereocenters. The quantitative estimate of drug-likeness (QED) is 0.139. The van der Waals surface area contributed by atoms with Crippen molar-refractivity contribution in [2.75, 3.05) is 0 Å². The molecule has 0 aliphatic rings. The number of benzene rings is 4. The minimum atomic E-state index is -0.777. The lowest BCUT2D eigenvalue weighted by Crippen LogP contribution is -2.16. The summed E-state index contributed by atoms with van der Waals surface area (Å²) < 4.78 is 10.7. The number of carbonyl (C=O) groups excluding carboxylic acids is 4. The van der Waals surface area contributed by atoms with Crippen LogP contribution >= 0.6 is 0 Å². The number of carbonyl (C=O) groups is 4. The van der Waals surface area contributed by atoms with Crippen molar-refractivity contribution in [2.45, 2.75) is 0 Å². The third-order valence-corrected chi connectivity index (χ3v) is 5.89. The molecule has 0 saturated heterocycles. The van der Waals surface area contributed by atoms with Gasteiger partial charge >= 0.3 is 11.9 Å². The summed E-state index contributed by atoms with van der Waals surface area (Å²) in [6, 6.07) is 34.3. The monoisotopic (exact) mass is 527 g/mol. The van der Waals surface area contributed by atoms with Crippen molar-refractivity contribution >= 4 is 23.5 Å². The number of nitrogens with zero attached hydrogens (tertiary/aromatic N) is 1. The first-order valence-corrected chi connectivity index (χ1v) is 12.3. The second kappa shape index (κ2) is 11.8. The molecule has 0 spiro atoms. The Morgan fingerprint density at radius 3 is 1.12 bits per heavy atom. The maximum absolute atomic E-state index is 12.7. The van der Waals surface area contributed by atoms with E-state index in [1.807, 2.05) is 12.1 Å². The largest absolute Gasteiger partial charge is 0.422 e. The molecule has 0 radical (unpaired) electrons. The molecule has 0 amide bonds. The lowest BCUT2D eigenvalue weighted by Gasteiger charge is -2.08. The van der Waals surface area contributed by atoms with E-state index in [4.69, 9.17) is 9.47 Å². The average molecular weight is 528 g/mol. The van der Waals surface area contributed by atoms with Crippen LogP contribution < -0.4 is 9.47 Å². The van der Waals surface area contributed by atoms with Gasteiger partial charge in [-0.25, -0.2) is 14.6 Å². The Morgan fingerprint density at radius 2 is 0.750 bits per heavy atom. The predicted octanol–water partition coefficient (Wildman–Crippen LogP) is 5.98. The predicted molar refractivity (Wildman–Crippen MR) is 147 cm³/mol. The fraction of sp³-hybridized carbons (Fsp3) is 0. The zero-order chi connectivity index (χ0) is 27.9. The fourth-order valence-electron chi connectivity index (χ4n) is 3.84. The lowest BCUT2D eigenvalue weighted by molar-refractivity contribution is 0.0722. The van der Waals surface area contributed by atoms with Gasteiger partial charge in [-0.15, -0.1) is 0 Å². The lowest BCUT2D eigenvalue weighted by atomic mass is 10.0. The smallest absolute Gasteiger partial charge is 0.362 e. The molecule has 5 rings (SSSR count). The highest BCUT2D eigenvalue weighted by atomic mass is 16.5. The molecule has 0 saturated carbocycles. The summed E-state index contributed by atoms with van der Waals surface area (Å²) in [7, 11) is 0. The Labute approximate surface area is 229 Å². The van der Waals surface area contributed by atoms with Crippen LogP contribution in [-0.2, 0) is 0 Å². The van der Waals surface area contributed by atoms with E-state index in [0.29, 0.717) is 22.3 Å². The highest BCUT2D eigenvalue weighted by molar-refractivity contribution is 6.09. The van der Waals surface area contributed by atoms with Crippen molar-refractivity contribution in [2.24, 2.45) is 0 Å². The van der Waals surface area contributed by atoms with Crippen LogP contribution in [0, 0.1) is 0 Å². The minimum Gasteiger partial charge on any atom is -0.422 e. The molecule has 1 heterocycles. The van der Waals surface area contributed by atoms with Crippen molar-refractivity contribution in [3.05, 3.63) is 161 Å². The Kier molecular flexibility index (Phi) is 7.64. The highest BCUT2D eigenvalue weighted by Gasteiger charge is 2.17. The molecule has 0 N–H and O–H groups in total. The van der Waals surface area contributed by atoms with Gasteiger partial charge in [0.2, 0.25) is 0 Å². The van der Waals surface area contributed by atoms with Crippen LogP contribution in [0.2, 0.25) is 0 Å². The van der Waals surface area contributed by atoms with Gasteiger partial charge in [0.05, 0.1) is 0 Å². The first-order chi connectivity index (χ1) is 19.5. The molecule has 7 nitrogen and oxygen atoms in total. The Balaban J connectivity index is 1.21. The number of rotatable bonds is 8. The first kappa shape index (κ1) is 25.9. The number of esters is 2. The summed E-state index contributed by atoms with van der Waals surface area (Å²) in [6.45, 7) is 0. The van der Waals surface area contributed by atoms with E-state index < -0.39 is 11.9 Å². The van der Waals surface area contributed by atoms with E-state index in [-0.39, 0.29) is 34.5 Å². The normalized spacial score (nSPS) is 10.4. The number of pyridine rings is 1. The van der Waals surface area contributed by atoms with E-state index in [1.165, 1.54) is 42.5 Å². The topological polar surface area (TPSA) is 99.6 Å². The molecule has 0 aliphatic carbocycles. The van der Waals surface area contributed by atoms with Crippen LogP contribution in [0.4, 0.5) is 0 Å². The van der Waals surface area contributed by atoms with E-state index in [0.717, 1.165) is 0 Å². The summed E-state index contributed by atoms with van der Waals surface area (Å²) in [5.41, 5.74) is 1.82. The molecule has 7 heteroatoms. The van der Waals surface area contributed by atoms with E-state index in [2.05, 4.69) is 4.98 Å². The molecule has 0 bridgehead atoms. The molecular weight excluding hydrogens is 506 g/mol. The second-order valence-corrected chi connectivity index (χ2v) is 8.63. The maximum atomic E-state index is 12.7. The van der Waals surface area contributed by atoms with Gasteiger partial charge in [-0.05, 0) is 60.7 Å². The molecule has 0 aliphatic heterocycles. The SMILES string of the molecule is O=C(c1ccccc1)c1ccc(OC(=O)c2cccc(C(=O)Oc3ccc(C(=O)c4ccccc4)cc3)n2)cc1. The zero-order valence-corrected chi connectivity index (χ0v) is 21.0. The van der Waals surface area contributed by atoms with Gasteiger partial charge in [-0.1, -0.05) is 66.7 Å². The molecule has 0 fully saturated rings. The summed E-state index contributed by atoms with van der Waals surface area (Å²) in [5, 5.41) is 0. The van der Waals surface area contributed by atoms with Gasteiger partial charge in [0, 0.05) is 22.3 Å². The summed E-state index contributed by atoms with van der Waals surface area (Å²) in [5.74, 6) is -1.42. The van der Waals surface area contributed by atoms with Crippen LogP contribution in [0.5, 0.6) is 11.5 Å². The second-order valence-electron chi connectivity index (χ2n) is 8.63. The Morgan fingerprint density at radius 1 is 0.400 bits per heavy atom. The van der Waals surface area contributed by atoms with E-state index in [9.17, 15) is 19.2 Å². The Bertz CT molecular complexity index is 1560. The third kappa shape index (κ3) is 6.06. The van der Waals surface area contributed by atoms with Gasteiger partial charge in [-0.3, -0.25) is 9.59 Å². The van der Waals surface area contributed by atoms with E-state index in [1.54, 1.807) is 72.8 Å². The molecular formula is C33H21NO6. The Hall–Kier alpha value is -5.69. The van der Waals surface area contributed by atoms with Crippen molar-refractivity contribution in [3.63, 3.8) is 0 Å². The van der Waals surface area contributed by atoms with Crippen LogP contribution in [0.3, 0.4) is 0 Å². The molecule has 4 aromatic carbocycles. The molecule has 1 aromatic heterocycles. The van der Waals surface area contributed by atoms with Crippen molar-refractivity contribution in [3.8, 4) is 11.5 Å². The van der Waals surface area contributed by atoms with Crippen molar-refractivity contribution < 1.29 is 28.7 Å². The van der Waals surface area contributed by atoms with Crippen molar-refractivity contribution in [1.82, 2.24) is 4.98 Å². The van der Waals surface area contributed by atoms with Gasteiger partial charge in [0.25, 0.3) is 0 Å². The van der Waals surface area contributed by atoms with Crippen LogP contribution in [-0.4, -0.2) is 28.5 Å². The zero-order valence-electron chi connectivity index (χ0n) is 21.0. The highest BCUT2D eigenvalue weighted by Crippen LogP contribution is 2.19.